The molecule has 0 amide bonds. The van der Waals surface area contributed by atoms with Crippen molar-refractivity contribution in [2.45, 2.75) is 38.6 Å². The molecule has 2 nitrogen and oxygen atoms in total. The Morgan fingerprint density at radius 2 is 1.88 bits per heavy atom. The fraction of sp³-hybridized carbons (Fsp3) is 0.600. The molecule has 1 aliphatic rings. The number of benzene rings is 1. The van der Waals surface area contributed by atoms with E-state index in [4.69, 9.17) is 5.73 Å². The molecule has 1 aromatic rings. The summed E-state index contributed by atoms with van der Waals surface area (Å²) in [6.45, 7) is 6.74. The van der Waals surface area contributed by atoms with E-state index in [0.717, 1.165) is 25.4 Å². The van der Waals surface area contributed by atoms with Gasteiger partial charge in [0.25, 0.3) is 0 Å². The average molecular weight is 232 g/mol. The molecule has 2 atom stereocenters. The third-order valence-electron chi connectivity index (χ3n) is 3.78. The Bertz CT molecular complexity index is 336. The van der Waals surface area contributed by atoms with Crippen molar-refractivity contribution >= 4 is 0 Å². The van der Waals surface area contributed by atoms with Gasteiger partial charge in [0.05, 0.1) is 0 Å². The van der Waals surface area contributed by atoms with E-state index in [9.17, 15) is 0 Å². The van der Waals surface area contributed by atoms with Gasteiger partial charge < -0.3 is 11.1 Å². The van der Waals surface area contributed by atoms with Crippen molar-refractivity contribution in [2.24, 2.45) is 11.7 Å². The predicted molar refractivity (Wildman–Crippen MR) is 73.1 cm³/mol. The molecule has 0 radical (unpaired) electrons. The van der Waals surface area contributed by atoms with Gasteiger partial charge in [-0.3, -0.25) is 0 Å². The van der Waals surface area contributed by atoms with Gasteiger partial charge in [-0.25, -0.2) is 0 Å². The van der Waals surface area contributed by atoms with Crippen LogP contribution in [0, 0.1) is 5.92 Å². The van der Waals surface area contributed by atoms with Gasteiger partial charge in [-0.2, -0.15) is 0 Å². The van der Waals surface area contributed by atoms with E-state index in [2.05, 4.69) is 43.4 Å². The summed E-state index contributed by atoms with van der Waals surface area (Å²) in [4.78, 5) is 0. The largest absolute Gasteiger partial charge is 0.324 e. The van der Waals surface area contributed by atoms with Crippen LogP contribution in [0.15, 0.2) is 24.3 Å². The van der Waals surface area contributed by atoms with Crippen molar-refractivity contribution < 1.29 is 0 Å². The van der Waals surface area contributed by atoms with Gasteiger partial charge >= 0.3 is 0 Å². The van der Waals surface area contributed by atoms with E-state index >= 15 is 0 Å². The normalized spacial score (nSPS) is 22.0. The lowest BCUT2D eigenvalue weighted by Gasteiger charge is -2.17. The Hall–Kier alpha value is -0.860. The Kier molecular flexibility index (Phi) is 4.19. The first kappa shape index (κ1) is 12.6. The van der Waals surface area contributed by atoms with Crippen LogP contribution in [0.1, 0.15) is 49.8 Å². The summed E-state index contributed by atoms with van der Waals surface area (Å²) >= 11 is 0. The molecule has 0 bridgehead atoms. The lowest BCUT2D eigenvalue weighted by atomic mass is 9.93. The zero-order chi connectivity index (χ0) is 12.3. The van der Waals surface area contributed by atoms with Crippen LogP contribution in [0.2, 0.25) is 0 Å². The lowest BCUT2D eigenvalue weighted by molar-refractivity contribution is 0.473. The van der Waals surface area contributed by atoms with Crippen LogP contribution in [0.4, 0.5) is 0 Å². The number of nitrogens with one attached hydrogen (secondary N) is 1. The van der Waals surface area contributed by atoms with Crippen molar-refractivity contribution in [3.8, 4) is 0 Å². The van der Waals surface area contributed by atoms with Crippen molar-refractivity contribution in [3.63, 3.8) is 0 Å². The van der Waals surface area contributed by atoms with Crippen LogP contribution >= 0.6 is 0 Å². The predicted octanol–water partition coefficient (Wildman–Crippen LogP) is 2.81. The summed E-state index contributed by atoms with van der Waals surface area (Å²) in [7, 11) is 0. The Morgan fingerprint density at radius 3 is 2.41 bits per heavy atom. The van der Waals surface area contributed by atoms with E-state index in [-0.39, 0.29) is 6.04 Å². The van der Waals surface area contributed by atoms with Crippen LogP contribution in [0.5, 0.6) is 0 Å². The van der Waals surface area contributed by atoms with Crippen LogP contribution < -0.4 is 11.1 Å². The van der Waals surface area contributed by atoms with E-state index in [0.29, 0.717) is 5.92 Å². The van der Waals surface area contributed by atoms with Crippen molar-refractivity contribution in [2.75, 3.05) is 13.1 Å². The fourth-order valence-corrected chi connectivity index (χ4v) is 2.54. The number of hydrogen-bond donors (Lipinski definition) is 2. The topological polar surface area (TPSA) is 38.0 Å². The van der Waals surface area contributed by atoms with E-state index in [1.807, 2.05) is 0 Å². The van der Waals surface area contributed by atoms with Crippen LogP contribution in [-0.2, 0) is 0 Å². The molecule has 1 aromatic carbocycles. The number of rotatable bonds is 4. The highest BCUT2D eigenvalue weighted by atomic mass is 14.9. The van der Waals surface area contributed by atoms with Gasteiger partial charge in [-0.05, 0) is 48.9 Å². The van der Waals surface area contributed by atoms with E-state index < -0.39 is 0 Å². The molecular formula is C15H24N2. The summed E-state index contributed by atoms with van der Waals surface area (Å²) in [5, 5.41) is 3.40. The standard InChI is InChI=1S/C15H24N2/c1-11(2)13-3-5-14(6-4-13)15(16)9-12-7-8-17-10-12/h3-6,11-12,15,17H,7-10,16H2,1-2H3. The monoisotopic (exact) mass is 232 g/mol. The van der Waals surface area contributed by atoms with Crippen molar-refractivity contribution in [3.05, 3.63) is 35.4 Å². The molecule has 3 N–H and O–H groups in total. The van der Waals surface area contributed by atoms with Gasteiger partial charge in [-0.15, -0.1) is 0 Å². The SMILES string of the molecule is CC(C)c1ccc(C(N)CC2CCNC2)cc1. The summed E-state index contributed by atoms with van der Waals surface area (Å²) in [6, 6.07) is 9.02. The van der Waals surface area contributed by atoms with Gasteiger partial charge in [0.15, 0.2) is 0 Å². The van der Waals surface area contributed by atoms with Crippen LogP contribution in [0.25, 0.3) is 0 Å². The highest BCUT2D eigenvalue weighted by molar-refractivity contribution is 5.26. The minimum atomic E-state index is 0.195. The molecule has 0 saturated carbocycles. The molecule has 0 aliphatic carbocycles. The Morgan fingerprint density at radius 1 is 1.24 bits per heavy atom. The molecule has 2 rings (SSSR count). The minimum absolute atomic E-state index is 0.195. The Balaban J connectivity index is 1.96. The molecule has 1 saturated heterocycles. The molecule has 2 heteroatoms. The van der Waals surface area contributed by atoms with E-state index in [1.54, 1.807) is 0 Å². The molecule has 1 aliphatic heterocycles. The third-order valence-corrected chi connectivity index (χ3v) is 3.78. The van der Waals surface area contributed by atoms with Crippen LogP contribution in [0.3, 0.4) is 0 Å². The highest BCUT2D eigenvalue weighted by Crippen LogP contribution is 2.24. The first-order valence-electron chi connectivity index (χ1n) is 6.73. The molecule has 1 fully saturated rings. The summed E-state index contributed by atoms with van der Waals surface area (Å²) in [5.74, 6) is 1.36. The maximum Gasteiger partial charge on any atom is 0.0297 e. The van der Waals surface area contributed by atoms with Crippen LogP contribution in [-0.4, -0.2) is 13.1 Å². The van der Waals surface area contributed by atoms with Crippen molar-refractivity contribution in [1.29, 1.82) is 0 Å². The molecular weight excluding hydrogens is 208 g/mol. The number of hydrogen-bond acceptors (Lipinski definition) is 2. The van der Waals surface area contributed by atoms with Gasteiger partial charge in [-0.1, -0.05) is 38.1 Å². The Labute approximate surface area is 105 Å². The van der Waals surface area contributed by atoms with Gasteiger partial charge in [0.1, 0.15) is 0 Å². The lowest BCUT2D eigenvalue weighted by Crippen LogP contribution is -2.17. The molecule has 2 unspecified atom stereocenters. The zero-order valence-corrected chi connectivity index (χ0v) is 10.9. The third kappa shape index (κ3) is 3.30. The molecule has 0 aromatic heterocycles. The van der Waals surface area contributed by atoms with E-state index in [1.165, 1.54) is 17.5 Å². The second kappa shape index (κ2) is 5.65. The van der Waals surface area contributed by atoms with Gasteiger partial charge in [0, 0.05) is 6.04 Å². The molecule has 94 valence electrons. The summed E-state index contributed by atoms with van der Waals surface area (Å²) < 4.78 is 0. The van der Waals surface area contributed by atoms with Crippen molar-refractivity contribution in [1.82, 2.24) is 5.32 Å². The minimum Gasteiger partial charge on any atom is -0.324 e. The first-order chi connectivity index (χ1) is 8.16. The summed E-state index contributed by atoms with van der Waals surface area (Å²) in [6.07, 6.45) is 2.38. The molecule has 17 heavy (non-hydrogen) atoms. The quantitative estimate of drug-likeness (QED) is 0.837. The summed E-state index contributed by atoms with van der Waals surface area (Å²) in [5.41, 5.74) is 8.94. The molecule has 1 heterocycles. The highest BCUT2D eigenvalue weighted by Gasteiger charge is 2.18. The average Bonchev–Trinajstić information content (AvgIpc) is 2.82. The second-order valence-electron chi connectivity index (χ2n) is 5.52. The zero-order valence-electron chi connectivity index (χ0n) is 10.9. The van der Waals surface area contributed by atoms with Gasteiger partial charge in [0.2, 0.25) is 0 Å². The molecule has 0 spiro atoms. The smallest absolute Gasteiger partial charge is 0.0297 e. The fourth-order valence-electron chi connectivity index (χ4n) is 2.54. The number of nitrogens with two attached hydrogens (primary N) is 1. The maximum atomic E-state index is 6.27. The maximum absolute atomic E-state index is 6.27. The second-order valence-corrected chi connectivity index (χ2v) is 5.52. The first-order valence-corrected chi connectivity index (χ1v) is 6.73.